The topological polar surface area (TPSA) is 97.3 Å². The normalized spacial score (nSPS) is 17.7. The highest BCUT2D eigenvalue weighted by molar-refractivity contribution is 7.15. The van der Waals surface area contributed by atoms with Crippen LogP contribution in [0.2, 0.25) is 5.28 Å². The lowest BCUT2D eigenvalue weighted by molar-refractivity contribution is -0.389. The highest BCUT2D eigenvalue weighted by Gasteiger charge is 2.38. The number of imidazole rings is 1. The molecule has 0 saturated carbocycles. The molecule has 1 aliphatic heterocycles. The molecule has 1 aliphatic rings. The minimum atomic E-state index is -1.20. The van der Waals surface area contributed by atoms with Crippen LogP contribution in [0.1, 0.15) is 31.3 Å². The quantitative estimate of drug-likeness (QED) is 0.419. The number of aliphatic hydroxyl groups is 1. The van der Waals surface area contributed by atoms with Crippen LogP contribution in [0.5, 0.6) is 0 Å². The minimum absolute atomic E-state index is 0.0374. The molecule has 0 spiro atoms. The lowest BCUT2D eigenvalue weighted by Crippen LogP contribution is -2.49. The molecule has 0 fully saturated rings. The lowest BCUT2D eigenvalue weighted by atomic mass is 9.84. The highest BCUT2D eigenvalue weighted by atomic mass is 35.5. The summed E-state index contributed by atoms with van der Waals surface area (Å²) in [5.74, 6) is -0.639. The molecule has 1 atom stereocenters. The Morgan fingerprint density at radius 1 is 1.31 bits per heavy atom. The number of hydrogen-bond acceptors (Lipinski definition) is 7. The minimum Gasteiger partial charge on any atom is -0.387 e. The maximum atomic E-state index is 13.3. The Morgan fingerprint density at radius 2 is 2.00 bits per heavy atom. The predicted molar refractivity (Wildman–Crippen MR) is 120 cm³/mol. The molecule has 1 N–H and O–H groups in total. The number of benzene rings is 1. The summed E-state index contributed by atoms with van der Waals surface area (Å²) in [4.78, 5) is 22.1. The molecular formula is C21H23ClFN5O3S. The van der Waals surface area contributed by atoms with Gasteiger partial charge >= 0.3 is 11.1 Å². The fraction of sp³-hybridized carbons (Fsp3) is 0.429. The van der Waals surface area contributed by atoms with Gasteiger partial charge < -0.3 is 15.2 Å². The molecule has 3 heterocycles. The zero-order valence-electron chi connectivity index (χ0n) is 17.9. The van der Waals surface area contributed by atoms with Crippen molar-refractivity contribution in [1.29, 1.82) is 0 Å². The van der Waals surface area contributed by atoms with Gasteiger partial charge in [0.1, 0.15) is 17.0 Å². The van der Waals surface area contributed by atoms with Crippen LogP contribution in [-0.2, 0) is 18.5 Å². The van der Waals surface area contributed by atoms with Gasteiger partial charge in [0.2, 0.25) is 0 Å². The highest BCUT2D eigenvalue weighted by Crippen LogP contribution is 2.39. The lowest BCUT2D eigenvalue weighted by Gasteiger charge is -2.40. The van der Waals surface area contributed by atoms with Gasteiger partial charge in [-0.2, -0.15) is 0 Å². The van der Waals surface area contributed by atoms with E-state index in [-0.39, 0.29) is 28.9 Å². The van der Waals surface area contributed by atoms with Gasteiger partial charge in [-0.1, -0.05) is 13.8 Å². The van der Waals surface area contributed by atoms with Gasteiger partial charge in [0.25, 0.3) is 0 Å². The molecule has 0 unspecified atom stereocenters. The Balaban J connectivity index is 1.53. The molecule has 0 amide bonds. The molecule has 8 nitrogen and oxygen atoms in total. The summed E-state index contributed by atoms with van der Waals surface area (Å²) in [7, 11) is 0. The molecule has 0 aliphatic carbocycles. The third-order valence-electron chi connectivity index (χ3n) is 5.39. The van der Waals surface area contributed by atoms with Crippen LogP contribution < -0.4 is 0 Å². The maximum absolute atomic E-state index is 13.3. The first-order chi connectivity index (χ1) is 14.9. The molecule has 11 heteroatoms. The molecule has 2 aromatic heterocycles. The maximum Gasteiger partial charge on any atom is 0.383 e. The van der Waals surface area contributed by atoms with Crippen molar-refractivity contribution in [2.24, 2.45) is 0 Å². The van der Waals surface area contributed by atoms with Gasteiger partial charge in [0.15, 0.2) is 0 Å². The van der Waals surface area contributed by atoms with Crippen molar-refractivity contribution in [3.8, 4) is 10.6 Å². The first-order valence-corrected chi connectivity index (χ1v) is 11.2. The molecule has 3 aromatic rings. The van der Waals surface area contributed by atoms with Gasteiger partial charge in [-0.15, -0.1) is 11.3 Å². The number of β-amino-alcohol motifs (C(OH)–C–C–N with tert-alkyl or cyclic N) is 1. The van der Waals surface area contributed by atoms with E-state index in [9.17, 15) is 19.6 Å². The van der Waals surface area contributed by atoms with E-state index in [0.29, 0.717) is 19.6 Å². The van der Waals surface area contributed by atoms with E-state index < -0.39 is 10.5 Å². The third-order valence-corrected chi connectivity index (χ3v) is 6.78. The van der Waals surface area contributed by atoms with Crippen molar-refractivity contribution >= 4 is 28.8 Å². The third kappa shape index (κ3) is 4.68. The zero-order chi connectivity index (χ0) is 23.3. The molecular weight excluding hydrogens is 457 g/mol. The number of aromatic nitrogens is 3. The Kier molecular flexibility index (Phi) is 5.83. The number of nitrogens with zero attached hydrogens (tertiary/aromatic N) is 5. The van der Waals surface area contributed by atoms with Crippen LogP contribution in [0.15, 0.2) is 30.5 Å². The van der Waals surface area contributed by atoms with E-state index in [4.69, 9.17) is 16.6 Å². The number of fused-ring (bicyclic) bond motifs is 1. The zero-order valence-corrected chi connectivity index (χ0v) is 19.5. The standard InChI is InChI=1S/C21H23ClFN5O3S/c1-20(2)10-26(11-21(3,29)12-27-9-16(28(30)31)24-19(27)22)8-15-17(20)25-18(32-15)13-4-6-14(23)7-5-13/h4-7,9,29H,8,10-12H2,1-3H3/t21-/m1/s1. The number of halogens is 2. The molecule has 170 valence electrons. The first-order valence-electron chi connectivity index (χ1n) is 10.0. The molecule has 0 radical (unpaired) electrons. The average Bonchev–Trinajstić information content (AvgIpc) is 3.26. The van der Waals surface area contributed by atoms with Gasteiger partial charge in [-0.25, -0.2) is 9.37 Å². The number of nitro groups is 1. The van der Waals surface area contributed by atoms with Gasteiger partial charge in [-0.3, -0.25) is 9.47 Å². The van der Waals surface area contributed by atoms with Gasteiger partial charge in [0, 0.05) is 35.5 Å². The summed E-state index contributed by atoms with van der Waals surface area (Å²) in [5, 5.41) is 22.8. The summed E-state index contributed by atoms with van der Waals surface area (Å²) in [6.07, 6.45) is 1.23. The van der Waals surface area contributed by atoms with Crippen molar-refractivity contribution in [2.45, 2.75) is 44.9 Å². The van der Waals surface area contributed by atoms with Crippen LogP contribution in [-0.4, -0.2) is 48.2 Å². The van der Waals surface area contributed by atoms with Crippen molar-refractivity contribution in [3.05, 3.63) is 62.2 Å². The Hall–Kier alpha value is -2.40. The second-order valence-electron chi connectivity index (χ2n) is 9.08. The van der Waals surface area contributed by atoms with Crippen molar-refractivity contribution in [1.82, 2.24) is 19.4 Å². The van der Waals surface area contributed by atoms with Crippen LogP contribution in [0, 0.1) is 15.9 Å². The fourth-order valence-corrected chi connectivity index (χ4v) is 5.67. The van der Waals surface area contributed by atoms with E-state index >= 15 is 0 Å². The molecule has 0 bridgehead atoms. The van der Waals surface area contributed by atoms with Crippen molar-refractivity contribution < 1.29 is 14.4 Å². The van der Waals surface area contributed by atoms with Crippen molar-refractivity contribution in [3.63, 3.8) is 0 Å². The van der Waals surface area contributed by atoms with E-state index in [1.54, 1.807) is 30.4 Å². The molecule has 4 rings (SSSR count). The van der Waals surface area contributed by atoms with E-state index in [0.717, 1.165) is 21.1 Å². The summed E-state index contributed by atoms with van der Waals surface area (Å²) < 4.78 is 14.7. The average molecular weight is 480 g/mol. The van der Waals surface area contributed by atoms with Crippen LogP contribution in [0.25, 0.3) is 10.6 Å². The monoisotopic (exact) mass is 479 g/mol. The number of rotatable bonds is 6. The van der Waals surface area contributed by atoms with Gasteiger partial charge in [-0.05, 0) is 52.7 Å². The van der Waals surface area contributed by atoms with E-state index in [2.05, 4.69) is 23.7 Å². The first kappa shape index (κ1) is 22.8. The van der Waals surface area contributed by atoms with Crippen LogP contribution >= 0.6 is 22.9 Å². The Bertz CT molecular complexity index is 1160. The molecule has 0 saturated heterocycles. The Morgan fingerprint density at radius 3 is 2.62 bits per heavy atom. The number of thiazole rings is 1. The second kappa shape index (κ2) is 8.18. The summed E-state index contributed by atoms with van der Waals surface area (Å²) >= 11 is 7.58. The van der Waals surface area contributed by atoms with E-state index in [1.165, 1.54) is 22.9 Å². The largest absolute Gasteiger partial charge is 0.387 e. The SMILES string of the molecule is CC1(C)CN(C[C@@](C)(O)Cn2cc([N+](=O)[O-])nc2Cl)Cc2sc(-c3ccc(F)cc3)nc21. The van der Waals surface area contributed by atoms with E-state index in [1.807, 2.05) is 0 Å². The smallest absolute Gasteiger partial charge is 0.383 e. The number of hydrogen-bond donors (Lipinski definition) is 1. The Labute approximate surface area is 193 Å². The summed E-state index contributed by atoms with van der Waals surface area (Å²) in [5.41, 5.74) is 0.447. The summed E-state index contributed by atoms with van der Waals surface area (Å²) in [6.45, 7) is 7.59. The molecule has 32 heavy (non-hydrogen) atoms. The van der Waals surface area contributed by atoms with Crippen LogP contribution in [0.4, 0.5) is 10.2 Å². The summed E-state index contributed by atoms with van der Waals surface area (Å²) in [6, 6.07) is 6.30. The van der Waals surface area contributed by atoms with Crippen molar-refractivity contribution in [2.75, 3.05) is 13.1 Å². The fourth-order valence-electron chi connectivity index (χ4n) is 4.19. The second-order valence-corrected chi connectivity index (χ2v) is 10.5. The molecule has 1 aromatic carbocycles. The van der Waals surface area contributed by atoms with Crippen LogP contribution in [0.3, 0.4) is 0 Å². The van der Waals surface area contributed by atoms with Gasteiger partial charge in [0.05, 0.1) is 17.8 Å². The predicted octanol–water partition coefficient (Wildman–Crippen LogP) is 4.25.